The van der Waals surface area contributed by atoms with Crippen LogP contribution >= 0.6 is 0 Å². The fraction of sp³-hybridized carbons (Fsp3) is 0.200. The van der Waals surface area contributed by atoms with E-state index < -0.39 is 10.0 Å². The zero-order valence-corrected chi connectivity index (χ0v) is 8.91. The van der Waals surface area contributed by atoms with E-state index in [1.807, 2.05) is 0 Å². The molecular formula is C10H9NO3S. The molecule has 1 aliphatic rings. The Balaban J connectivity index is 2.58. The Morgan fingerprint density at radius 2 is 2.00 bits per heavy atom. The molecule has 4 nitrogen and oxygen atoms in total. The predicted octanol–water partition coefficient (Wildman–Crippen LogP) is 1.16. The normalized spacial score (nSPS) is 17.0. The predicted molar refractivity (Wildman–Crippen MR) is 55.5 cm³/mol. The molecule has 0 unspecified atom stereocenters. The number of sulfonamides is 1. The maximum absolute atomic E-state index is 11.5. The largest absolute Gasteiger partial charge is 0.300 e. The molecule has 0 aliphatic carbocycles. The van der Waals surface area contributed by atoms with E-state index in [0.29, 0.717) is 11.3 Å². The highest BCUT2D eigenvalue weighted by Gasteiger charge is 2.28. The smallest absolute Gasteiger partial charge is 0.283 e. The highest BCUT2D eigenvalue weighted by Crippen LogP contribution is 2.26. The number of Topliss-reactive ketones (excluding diaryl/α,β-unsaturated/α-hetero) is 1. The molecule has 0 aromatic heterocycles. The average molecular weight is 223 g/mol. The number of rotatable bonds is 2. The second-order valence-corrected chi connectivity index (χ2v) is 4.96. The molecule has 0 N–H and O–H groups in total. The third-order valence-electron chi connectivity index (χ3n) is 2.12. The maximum Gasteiger partial charge on any atom is 0.283 e. The molecule has 0 atom stereocenters. The fourth-order valence-electron chi connectivity index (χ4n) is 1.54. The summed E-state index contributed by atoms with van der Waals surface area (Å²) in [5.74, 6) is -0.0966. The van der Waals surface area contributed by atoms with Crippen molar-refractivity contribution in [3.05, 3.63) is 29.8 Å². The molecule has 1 heterocycles. The Kier molecular flexibility index (Phi) is 2.19. The van der Waals surface area contributed by atoms with Crippen LogP contribution in [0, 0.1) is 0 Å². The summed E-state index contributed by atoms with van der Waals surface area (Å²) < 4.78 is 26.7. The van der Waals surface area contributed by atoms with Crippen LogP contribution in [0.4, 0.5) is 0 Å². The standard InChI is InChI=1S/C10H9NO3S/c1-7(12)6-9-8-4-2-3-5-10(8)15(13,14)11-9/h2-5H,6H2,1H3. The topological polar surface area (TPSA) is 63.6 Å². The van der Waals surface area contributed by atoms with Crippen LogP contribution in [0.3, 0.4) is 0 Å². The Labute approximate surface area is 87.7 Å². The van der Waals surface area contributed by atoms with Crippen molar-refractivity contribution in [1.82, 2.24) is 0 Å². The number of benzene rings is 1. The van der Waals surface area contributed by atoms with Gasteiger partial charge in [0, 0.05) is 12.0 Å². The van der Waals surface area contributed by atoms with E-state index in [2.05, 4.69) is 4.40 Å². The summed E-state index contributed by atoms with van der Waals surface area (Å²) in [7, 11) is -3.56. The number of carbonyl (C=O) groups is 1. The van der Waals surface area contributed by atoms with E-state index in [9.17, 15) is 13.2 Å². The summed E-state index contributed by atoms with van der Waals surface area (Å²) in [4.78, 5) is 11.1. The molecule has 78 valence electrons. The Morgan fingerprint density at radius 3 is 2.67 bits per heavy atom. The summed E-state index contributed by atoms with van der Waals surface area (Å²) in [6.07, 6.45) is 0.0657. The van der Waals surface area contributed by atoms with Gasteiger partial charge in [-0.25, -0.2) is 0 Å². The van der Waals surface area contributed by atoms with Crippen LogP contribution in [0.2, 0.25) is 0 Å². The van der Waals surface area contributed by atoms with E-state index in [-0.39, 0.29) is 17.1 Å². The van der Waals surface area contributed by atoms with Gasteiger partial charge in [0.05, 0.1) is 10.6 Å². The van der Waals surface area contributed by atoms with Crippen LogP contribution in [0.25, 0.3) is 0 Å². The van der Waals surface area contributed by atoms with E-state index in [1.54, 1.807) is 18.2 Å². The Bertz CT molecular complexity index is 558. The van der Waals surface area contributed by atoms with Gasteiger partial charge in [-0.3, -0.25) is 4.79 Å². The Morgan fingerprint density at radius 1 is 1.33 bits per heavy atom. The van der Waals surface area contributed by atoms with Gasteiger partial charge in [0.1, 0.15) is 5.78 Å². The van der Waals surface area contributed by atoms with Crippen molar-refractivity contribution in [1.29, 1.82) is 0 Å². The second-order valence-electron chi connectivity index (χ2n) is 3.39. The number of carbonyl (C=O) groups excluding carboxylic acids is 1. The molecule has 0 saturated heterocycles. The van der Waals surface area contributed by atoms with E-state index in [0.717, 1.165) is 0 Å². The first kappa shape index (κ1) is 10.0. The van der Waals surface area contributed by atoms with Crippen LogP contribution in [0.15, 0.2) is 33.6 Å². The lowest BCUT2D eigenvalue weighted by Crippen LogP contribution is -2.03. The van der Waals surface area contributed by atoms with E-state index >= 15 is 0 Å². The van der Waals surface area contributed by atoms with Gasteiger partial charge in [0.25, 0.3) is 10.0 Å². The highest BCUT2D eigenvalue weighted by atomic mass is 32.2. The number of nitrogens with zero attached hydrogens (tertiary/aromatic N) is 1. The molecule has 0 radical (unpaired) electrons. The van der Waals surface area contributed by atoms with E-state index in [4.69, 9.17) is 0 Å². The van der Waals surface area contributed by atoms with Crippen LogP contribution in [-0.4, -0.2) is 19.9 Å². The molecular weight excluding hydrogens is 214 g/mol. The number of fused-ring (bicyclic) bond motifs is 1. The van der Waals surface area contributed by atoms with Gasteiger partial charge in [0.2, 0.25) is 0 Å². The van der Waals surface area contributed by atoms with Crippen molar-refractivity contribution in [3.8, 4) is 0 Å². The summed E-state index contributed by atoms with van der Waals surface area (Å²) in [5.41, 5.74) is 0.894. The lowest BCUT2D eigenvalue weighted by Gasteiger charge is -1.97. The lowest BCUT2D eigenvalue weighted by molar-refractivity contribution is -0.115. The van der Waals surface area contributed by atoms with Crippen molar-refractivity contribution in [2.24, 2.45) is 4.40 Å². The van der Waals surface area contributed by atoms with Gasteiger partial charge in [-0.1, -0.05) is 18.2 Å². The van der Waals surface area contributed by atoms with Gasteiger partial charge >= 0.3 is 0 Å². The molecule has 0 amide bonds. The SMILES string of the molecule is CC(=O)CC1=NS(=O)(=O)c2ccccc21. The third-order valence-corrected chi connectivity index (χ3v) is 3.50. The minimum absolute atomic E-state index is 0.0657. The first-order valence-electron chi connectivity index (χ1n) is 4.43. The summed E-state index contributed by atoms with van der Waals surface area (Å²) in [5, 5.41) is 0. The quantitative estimate of drug-likeness (QED) is 0.755. The van der Waals surface area contributed by atoms with Gasteiger partial charge in [-0.05, 0) is 13.0 Å². The van der Waals surface area contributed by atoms with Crippen molar-refractivity contribution in [3.63, 3.8) is 0 Å². The molecule has 2 rings (SSSR count). The maximum atomic E-state index is 11.5. The monoisotopic (exact) mass is 223 g/mol. The molecule has 0 fully saturated rings. The third kappa shape index (κ3) is 1.70. The van der Waals surface area contributed by atoms with Crippen molar-refractivity contribution in [2.75, 3.05) is 0 Å². The molecule has 0 spiro atoms. The number of hydrogen-bond acceptors (Lipinski definition) is 3. The average Bonchev–Trinajstić information content (AvgIpc) is 2.39. The van der Waals surface area contributed by atoms with Crippen molar-refractivity contribution in [2.45, 2.75) is 18.2 Å². The van der Waals surface area contributed by atoms with E-state index in [1.165, 1.54) is 13.0 Å². The van der Waals surface area contributed by atoms with Crippen LogP contribution in [0.5, 0.6) is 0 Å². The molecule has 0 saturated carbocycles. The number of ketones is 1. The highest BCUT2D eigenvalue weighted by molar-refractivity contribution is 7.90. The van der Waals surface area contributed by atoms with Crippen molar-refractivity contribution < 1.29 is 13.2 Å². The summed E-state index contributed by atoms with van der Waals surface area (Å²) >= 11 is 0. The van der Waals surface area contributed by atoms with Gasteiger partial charge in [-0.2, -0.15) is 12.8 Å². The zero-order valence-electron chi connectivity index (χ0n) is 8.10. The van der Waals surface area contributed by atoms with Crippen LogP contribution in [-0.2, 0) is 14.8 Å². The fourth-order valence-corrected chi connectivity index (χ4v) is 2.80. The van der Waals surface area contributed by atoms with Gasteiger partial charge < -0.3 is 0 Å². The Hall–Kier alpha value is -1.49. The van der Waals surface area contributed by atoms with Crippen LogP contribution in [0.1, 0.15) is 18.9 Å². The minimum Gasteiger partial charge on any atom is -0.300 e. The minimum atomic E-state index is -3.56. The van der Waals surface area contributed by atoms with Gasteiger partial charge in [0.15, 0.2) is 0 Å². The van der Waals surface area contributed by atoms with Gasteiger partial charge in [-0.15, -0.1) is 0 Å². The zero-order chi connectivity index (χ0) is 11.1. The first-order valence-corrected chi connectivity index (χ1v) is 5.87. The second kappa shape index (κ2) is 3.27. The number of hydrogen-bond donors (Lipinski definition) is 0. The lowest BCUT2D eigenvalue weighted by atomic mass is 10.1. The summed E-state index contributed by atoms with van der Waals surface area (Å²) in [6, 6.07) is 6.54. The summed E-state index contributed by atoms with van der Waals surface area (Å²) in [6.45, 7) is 1.41. The molecule has 5 heteroatoms. The molecule has 1 aromatic rings. The molecule has 0 bridgehead atoms. The molecule has 1 aromatic carbocycles. The van der Waals surface area contributed by atoms with Crippen molar-refractivity contribution >= 4 is 21.5 Å². The first-order chi connectivity index (χ1) is 7.00. The molecule has 15 heavy (non-hydrogen) atoms. The van der Waals surface area contributed by atoms with Crippen LogP contribution < -0.4 is 0 Å². The molecule has 1 aliphatic heterocycles.